The van der Waals surface area contributed by atoms with Gasteiger partial charge < -0.3 is 5.32 Å². The summed E-state index contributed by atoms with van der Waals surface area (Å²) in [5.74, 6) is 0. The van der Waals surface area contributed by atoms with E-state index in [1.807, 2.05) is 16.9 Å². The molecule has 2 aromatic heterocycles. The van der Waals surface area contributed by atoms with Crippen molar-refractivity contribution in [3.63, 3.8) is 0 Å². The van der Waals surface area contributed by atoms with Gasteiger partial charge in [-0.3, -0.25) is 4.68 Å². The van der Waals surface area contributed by atoms with Gasteiger partial charge in [0, 0.05) is 11.6 Å². The quantitative estimate of drug-likeness (QED) is 0.663. The Morgan fingerprint density at radius 2 is 2.14 bits per heavy atom. The van der Waals surface area contributed by atoms with Crippen LogP contribution < -0.4 is 5.32 Å². The number of hydrogen-bond donors (Lipinski definition) is 1. The van der Waals surface area contributed by atoms with Gasteiger partial charge in [-0.15, -0.1) is 11.3 Å². The molecule has 3 nitrogen and oxygen atoms in total. The van der Waals surface area contributed by atoms with Crippen LogP contribution in [0.2, 0.25) is 8.67 Å². The molecule has 2 rings (SSSR count). The second kappa shape index (κ2) is 7.47. The minimum absolute atomic E-state index is 0.0273. The van der Waals surface area contributed by atoms with Crippen LogP contribution in [0.5, 0.6) is 0 Å². The van der Waals surface area contributed by atoms with Crippen LogP contribution in [0.15, 0.2) is 16.7 Å². The number of rotatable bonds is 6. The molecule has 0 aliphatic rings. The molecule has 0 aliphatic heterocycles. The molecule has 0 radical (unpaired) electrons. The Hall–Kier alpha value is -0.0700. The normalized spacial score (nSPS) is 13.1. The van der Waals surface area contributed by atoms with Gasteiger partial charge in [-0.2, -0.15) is 5.10 Å². The van der Waals surface area contributed by atoms with E-state index in [2.05, 4.69) is 47.1 Å². The number of aromatic nitrogens is 2. The van der Waals surface area contributed by atoms with Crippen molar-refractivity contribution in [2.45, 2.75) is 39.3 Å². The van der Waals surface area contributed by atoms with Crippen LogP contribution in [-0.2, 0) is 0 Å². The summed E-state index contributed by atoms with van der Waals surface area (Å²) in [6, 6.07) is 2.18. The van der Waals surface area contributed by atoms with Gasteiger partial charge in [0.15, 0.2) is 0 Å². The van der Waals surface area contributed by atoms with E-state index in [4.69, 9.17) is 23.2 Å². The van der Waals surface area contributed by atoms with E-state index < -0.39 is 0 Å². The lowest BCUT2D eigenvalue weighted by molar-refractivity contribution is 0.471. The van der Waals surface area contributed by atoms with Crippen molar-refractivity contribution in [1.82, 2.24) is 15.1 Å². The summed E-state index contributed by atoms with van der Waals surface area (Å²) < 4.78 is 4.41. The topological polar surface area (TPSA) is 29.9 Å². The van der Waals surface area contributed by atoms with Crippen LogP contribution in [0.1, 0.15) is 50.5 Å². The summed E-state index contributed by atoms with van der Waals surface area (Å²) in [5, 5.41) is 8.01. The molecule has 0 bridgehead atoms. The van der Waals surface area contributed by atoms with E-state index in [0.29, 0.717) is 4.34 Å². The van der Waals surface area contributed by atoms with Crippen LogP contribution in [0, 0.1) is 0 Å². The second-order valence-corrected chi connectivity index (χ2v) is 8.22. The van der Waals surface area contributed by atoms with Gasteiger partial charge in [0.1, 0.15) is 0 Å². The Morgan fingerprint density at radius 1 is 1.43 bits per heavy atom. The molecular weight excluding hydrogens is 393 g/mol. The third-order valence-corrected chi connectivity index (χ3v) is 5.27. The maximum Gasteiger partial charge on any atom is 0.0996 e. The minimum Gasteiger partial charge on any atom is -0.305 e. The highest BCUT2D eigenvalue weighted by molar-refractivity contribution is 9.10. The fraction of sp³-hybridized carbons (Fsp3) is 0.500. The molecule has 21 heavy (non-hydrogen) atoms. The van der Waals surface area contributed by atoms with E-state index in [9.17, 15) is 0 Å². The van der Waals surface area contributed by atoms with Crippen LogP contribution >= 0.6 is 50.5 Å². The molecule has 2 aromatic rings. The summed E-state index contributed by atoms with van der Waals surface area (Å²) in [6.45, 7) is 7.26. The van der Waals surface area contributed by atoms with E-state index in [-0.39, 0.29) is 12.1 Å². The molecule has 0 fully saturated rings. The third kappa shape index (κ3) is 3.82. The highest BCUT2D eigenvalue weighted by Crippen LogP contribution is 2.39. The molecule has 0 spiro atoms. The predicted octanol–water partition coefficient (Wildman–Crippen LogP) is 5.68. The number of nitrogens with zero attached hydrogens (tertiary/aromatic N) is 2. The smallest absolute Gasteiger partial charge is 0.0996 e. The lowest BCUT2D eigenvalue weighted by atomic mass is 10.1. The Bertz CT molecular complexity index is 609. The maximum atomic E-state index is 6.37. The number of nitrogens with one attached hydrogen (secondary N) is 1. The summed E-state index contributed by atoms with van der Waals surface area (Å²) in [6.07, 6.45) is 2.87. The zero-order chi connectivity index (χ0) is 15.6. The van der Waals surface area contributed by atoms with E-state index in [1.165, 1.54) is 11.3 Å². The van der Waals surface area contributed by atoms with Gasteiger partial charge in [0.25, 0.3) is 0 Å². The molecular formula is C14H18BrCl2N3S. The Kier molecular flexibility index (Phi) is 6.15. The molecule has 0 amide bonds. The van der Waals surface area contributed by atoms with Crippen molar-refractivity contribution in [3.05, 3.63) is 36.7 Å². The lowest BCUT2D eigenvalue weighted by Gasteiger charge is -2.22. The number of thiophene rings is 1. The van der Waals surface area contributed by atoms with Crippen molar-refractivity contribution in [1.29, 1.82) is 0 Å². The van der Waals surface area contributed by atoms with Crippen LogP contribution in [0.3, 0.4) is 0 Å². The SMILES string of the molecule is CCCNC(c1cc(Cl)sc1Cl)c1c(Br)cnn1C(C)C. The molecule has 7 heteroatoms. The van der Waals surface area contributed by atoms with E-state index >= 15 is 0 Å². The molecule has 0 saturated heterocycles. The summed E-state index contributed by atoms with van der Waals surface area (Å²) in [4.78, 5) is 0. The third-order valence-electron chi connectivity index (χ3n) is 3.14. The van der Waals surface area contributed by atoms with Gasteiger partial charge in [-0.25, -0.2) is 0 Å². The monoisotopic (exact) mass is 409 g/mol. The predicted molar refractivity (Wildman–Crippen MR) is 94.8 cm³/mol. The molecule has 1 N–H and O–H groups in total. The zero-order valence-corrected chi connectivity index (χ0v) is 16.1. The Labute approximate surface area is 147 Å². The molecule has 0 saturated carbocycles. The fourth-order valence-electron chi connectivity index (χ4n) is 2.22. The number of hydrogen-bond acceptors (Lipinski definition) is 3. The van der Waals surface area contributed by atoms with Crippen molar-refractivity contribution in [3.8, 4) is 0 Å². The number of halogens is 3. The van der Waals surface area contributed by atoms with Gasteiger partial charge in [0.05, 0.1) is 31.1 Å². The second-order valence-electron chi connectivity index (χ2n) is 5.08. The van der Waals surface area contributed by atoms with E-state index in [0.717, 1.165) is 33.0 Å². The van der Waals surface area contributed by atoms with Gasteiger partial charge in [-0.1, -0.05) is 30.1 Å². The molecule has 116 valence electrons. The molecule has 0 aliphatic carbocycles. The van der Waals surface area contributed by atoms with Gasteiger partial charge >= 0.3 is 0 Å². The lowest BCUT2D eigenvalue weighted by Crippen LogP contribution is -2.26. The first-order valence-electron chi connectivity index (χ1n) is 6.86. The summed E-state index contributed by atoms with van der Waals surface area (Å²) in [7, 11) is 0. The highest BCUT2D eigenvalue weighted by atomic mass is 79.9. The van der Waals surface area contributed by atoms with Gasteiger partial charge in [-0.05, 0) is 48.8 Å². The van der Waals surface area contributed by atoms with Crippen LogP contribution in [-0.4, -0.2) is 16.3 Å². The molecule has 0 aromatic carbocycles. The molecule has 1 unspecified atom stereocenters. The molecule has 2 heterocycles. The maximum absolute atomic E-state index is 6.37. The van der Waals surface area contributed by atoms with Crippen molar-refractivity contribution >= 4 is 50.5 Å². The highest BCUT2D eigenvalue weighted by Gasteiger charge is 2.25. The largest absolute Gasteiger partial charge is 0.305 e. The van der Waals surface area contributed by atoms with E-state index in [1.54, 1.807) is 0 Å². The first-order valence-corrected chi connectivity index (χ1v) is 9.23. The molecule has 1 atom stereocenters. The Morgan fingerprint density at radius 3 is 2.67 bits per heavy atom. The minimum atomic E-state index is -0.0273. The summed E-state index contributed by atoms with van der Waals surface area (Å²) in [5.41, 5.74) is 2.08. The van der Waals surface area contributed by atoms with Crippen molar-refractivity contribution < 1.29 is 0 Å². The average molecular weight is 411 g/mol. The fourth-order valence-corrected chi connectivity index (χ4v) is 4.26. The zero-order valence-electron chi connectivity index (χ0n) is 12.2. The standard InChI is InChI=1S/C14H18BrCl2N3S/c1-4-5-18-12(9-6-11(16)21-14(9)17)13-10(15)7-19-20(13)8(2)3/h6-8,12,18H,4-5H2,1-3H3. The first-order chi connectivity index (χ1) is 9.95. The Balaban J connectivity index is 2.50. The average Bonchev–Trinajstić information content (AvgIpc) is 2.94. The van der Waals surface area contributed by atoms with Gasteiger partial charge in [0.2, 0.25) is 0 Å². The summed E-state index contributed by atoms with van der Waals surface area (Å²) >= 11 is 17.5. The van der Waals surface area contributed by atoms with Crippen molar-refractivity contribution in [2.24, 2.45) is 0 Å². The van der Waals surface area contributed by atoms with Crippen LogP contribution in [0.25, 0.3) is 0 Å². The first kappa shape index (κ1) is 17.3. The van der Waals surface area contributed by atoms with Crippen LogP contribution in [0.4, 0.5) is 0 Å². The van der Waals surface area contributed by atoms with Crippen molar-refractivity contribution in [2.75, 3.05) is 6.54 Å².